The SMILES string of the molecule is Cc1ccc(C)c2c1C(=O)N(CCCCN)C2=O. The fraction of sp³-hybridized carbons (Fsp3) is 0.429. The van der Waals surface area contributed by atoms with Crippen LogP contribution in [0.1, 0.15) is 44.7 Å². The summed E-state index contributed by atoms with van der Waals surface area (Å²) in [6.07, 6.45) is 1.59. The first-order valence-electron chi connectivity index (χ1n) is 6.24. The van der Waals surface area contributed by atoms with Crippen LogP contribution in [0.3, 0.4) is 0 Å². The second kappa shape index (κ2) is 4.90. The van der Waals surface area contributed by atoms with Crippen LogP contribution >= 0.6 is 0 Å². The number of benzene rings is 1. The number of nitrogens with zero attached hydrogens (tertiary/aromatic N) is 1. The van der Waals surface area contributed by atoms with Crippen molar-refractivity contribution in [1.82, 2.24) is 4.90 Å². The van der Waals surface area contributed by atoms with Gasteiger partial charge in [-0.15, -0.1) is 0 Å². The zero-order chi connectivity index (χ0) is 13.3. The van der Waals surface area contributed by atoms with E-state index in [9.17, 15) is 9.59 Å². The summed E-state index contributed by atoms with van der Waals surface area (Å²) in [5.41, 5.74) is 8.32. The standard InChI is InChI=1S/C14H18N2O2/c1-9-5-6-10(2)12-11(9)13(17)16(14(12)18)8-4-3-7-15/h5-6H,3-4,7-8,15H2,1-2H3. The van der Waals surface area contributed by atoms with E-state index >= 15 is 0 Å². The lowest BCUT2D eigenvalue weighted by molar-refractivity contribution is 0.0651. The third-order valence-corrected chi connectivity index (χ3v) is 3.38. The largest absolute Gasteiger partial charge is 0.330 e. The van der Waals surface area contributed by atoms with Crippen molar-refractivity contribution in [1.29, 1.82) is 0 Å². The third-order valence-electron chi connectivity index (χ3n) is 3.38. The summed E-state index contributed by atoms with van der Waals surface area (Å²) in [5.74, 6) is -0.318. The molecule has 96 valence electrons. The van der Waals surface area contributed by atoms with Crippen LogP contribution in [-0.2, 0) is 0 Å². The van der Waals surface area contributed by atoms with Gasteiger partial charge in [-0.3, -0.25) is 14.5 Å². The van der Waals surface area contributed by atoms with Crippen LogP contribution < -0.4 is 5.73 Å². The fourth-order valence-corrected chi connectivity index (χ4v) is 2.34. The monoisotopic (exact) mass is 246 g/mol. The Kier molecular flexibility index (Phi) is 3.48. The van der Waals surface area contributed by atoms with Crippen molar-refractivity contribution in [2.24, 2.45) is 5.73 Å². The van der Waals surface area contributed by atoms with Crippen LogP contribution in [-0.4, -0.2) is 29.8 Å². The Bertz CT molecular complexity index is 468. The lowest BCUT2D eigenvalue weighted by Gasteiger charge is -2.13. The summed E-state index contributed by atoms with van der Waals surface area (Å²) in [4.78, 5) is 25.8. The molecule has 1 aromatic carbocycles. The van der Waals surface area contributed by atoms with Gasteiger partial charge in [0.05, 0.1) is 11.1 Å². The molecule has 2 N–H and O–H groups in total. The average Bonchev–Trinajstić information content (AvgIpc) is 2.59. The maximum atomic E-state index is 12.2. The topological polar surface area (TPSA) is 63.4 Å². The highest BCUT2D eigenvalue weighted by atomic mass is 16.2. The number of nitrogens with two attached hydrogens (primary N) is 1. The number of carbonyl (C=O) groups is 2. The van der Waals surface area contributed by atoms with E-state index < -0.39 is 0 Å². The van der Waals surface area contributed by atoms with E-state index in [0.29, 0.717) is 24.2 Å². The number of rotatable bonds is 4. The van der Waals surface area contributed by atoms with Gasteiger partial charge in [0.25, 0.3) is 11.8 Å². The average molecular weight is 246 g/mol. The number of amides is 2. The summed E-state index contributed by atoms with van der Waals surface area (Å²) in [5, 5.41) is 0. The first kappa shape index (κ1) is 12.8. The molecule has 0 bridgehead atoms. The van der Waals surface area contributed by atoms with Gasteiger partial charge in [0.1, 0.15) is 0 Å². The fourth-order valence-electron chi connectivity index (χ4n) is 2.34. The Morgan fingerprint density at radius 2 is 1.50 bits per heavy atom. The van der Waals surface area contributed by atoms with E-state index in [1.54, 1.807) is 0 Å². The maximum absolute atomic E-state index is 12.2. The first-order valence-corrected chi connectivity index (χ1v) is 6.24. The highest BCUT2D eigenvalue weighted by Crippen LogP contribution is 2.28. The molecule has 4 heteroatoms. The molecule has 0 saturated heterocycles. The molecule has 1 aromatic rings. The van der Waals surface area contributed by atoms with Gasteiger partial charge < -0.3 is 5.73 Å². The predicted molar refractivity (Wildman–Crippen MR) is 69.6 cm³/mol. The molecule has 0 aliphatic carbocycles. The van der Waals surface area contributed by atoms with Crippen LogP contribution in [0.25, 0.3) is 0 Å². The smallest absolute Gasteiger partial charge is 0.261 e. The molecule has 0 spiro atoms. The molecule has 4 nitrogen and oxygen atoms in total. The molecule has 18 heavy (non-hydrogen) atoms. The summed E-state index contributed by atoms with van der Waals surface area (Å²) in [7, 11) is 0. The molecule has 0 atom stereocenters. The summed E-state index contributed by atoms with van der Waals surface area (Å²) >= 11 is 0. The lowest BCUT2D eigenvalue weighted by atomic mass is 9.99. The lowest BCUT2D eigenvalue weighted by Crippen LogP contribution is -2.31. The van der Waals surface area contributed by atoms with E-state index in [4.69, 9.17) is 5.73 Å². The number of hydrogen-bond acceptors (Lipinski definition) is 3. The van der Waals surface area contributed by atoms with E-state index in [-0.39, 0.29) is 11.8 Å². The zero-order valence-corrected chi connectivity index (χ0v) is 10.8. The molecule has 0 aromatic heterocycles. The van der Waals surface area contributed by atoms with Crippen LogP contribution in [0.2, 0.25) is 0 Å². The van der Waals surface area contributed by atoms with Gasteiger partial charge in [0.2, 0.25) is 0 Å². The van der Waals surface area contributed by atoms with Crippen molar-refractivity contribution in [2.75, 3.05) is 13.1 Å². The van der Waals surface area contributed by atoms with E-state index in [0.717, 1.165) is 24.0 Å². The number of fused-ring (bicyclic) bond motifs is 1. The molecule has 1 heterocycles. The van der Waals surface area contributed by atoms with Crippen LogP contribution in [0.4, 0.5) is 0 Å². The van der Waals surface area contributed by atoms with Crippen LogP contribution in [0, 0.1) is 13.8 Å². The summed E-state index contributed by atoms with van der Waals surface area (Å²) in [6.45, 7) is 4.78. The van der Waals surface area contributed by atoms with Crippen LogP contribution in [0.5, 0.6) is 0 Å². The summed E-state index contributed by atoms with van der Waals surface area (Å²) in [6, 6.07) is 3.78. The Morgan fingerprint density at radius 3 is 1.94 bits per heavy atom. The van der Waals surface area contributed by atoms with Gasteiger partial charge in [-0.1, -0.05) is 12.1 Å². The highest BCUT2D eigenvalue weighted by Gasteiger charge is 2.37. The molecule has 2 amide bonds. The molecule has 0 radical (unpaired) electrons. The maximum Gasteiger partial charge on any atom is 0.261 e. The Balaban J connectivity index is 2.32. The normalized spacial score (nSPS) is 14.3. The quantitative estimate of drug-likeness (QED) is 0.649. The van der Waals surface area contributed by atoms with Gasteiger partial charge in [-0.25, -0.2) is 0 Å². The van der Waals surface area contributed by atoms with Gasteiger partial charge in [0, 0.05) is 6.54 Å². The minimum Gasteiger partial charge on any atom is -0.330 e. The van der Waals surface area contributed by atoms with Crippen molar-refractivity contribution in [3.05, 3.63) is 34.4 Å². The highest BCUT2D eigenvalue weighted by molar-refractivity contribution is 6.22. The van der Waals surface area contributed by atoms with Gasteiger partial charge in [-0.05, 0) is 44.4 Å². The van der Waals surface area contributed by atoms with E-state index in [1.807, 2.05) is 26.0 Å². The molecule has 0 unspecified atom stereocenters. The number of hydrogen-bond donors (Lipinski definition) is 1. The minimum atomic E-state index is -0.159. The minimum absolute atomic E-state index is 0.159. The van der Waals surface area contributed by atoms with Crippen molar-refractivity contribution in [3.63, 3.8) is 0 Å². The molecular weight excluding hydrogens is 228 g/mol. The second-order valence-electron chi connectivity index (χ2n) is 4.71. The van der Waals surface area contributed by atoms with Crippen molar-refractivity contribution < 1.29 is 9.59 Å². The zero-order valence-electron chi connectivity index (χ0n) is 10.8. The van der Waals surface area contributed by atoms with Gasteiger partial charge in [0.15, 0.2) is 0 Å². The molecule has 1 aliphatic rings. The van der Waals surface area contributed by atoms with Gasteiger partial charge >= 0.3 is 0 Å². The first-order chi connectivity index (χ1) is 8.57. The van der Waals surface area contributed by atoms with Gasteiger partial charge in [-0.2, -0.15) is 0 Å². The summed E-state index contributed by atoms with van der Waals surface area (Å²) < 4.78 is 0. The molecule has 1 aliphatic heterocycles. The number of unbranched alkanes of at least 4 members (excludes halogenated alkanes) is 1. The molecule has 0 saturated carbocycles. The molecular formula is C14H18N2O2. The van der Waals surface area contributed by atoms with Crippen LogP contribution in [0.15, 0.2) is 12.1 Å². The second-order valence-corrected chi connectivity index (χ2v) is 4.71. The number of imide groups is 1. The Labute approximate surface area is 107 Å². The Hall–Kier alpha value is -1.68. The van der Waals surface area contributed by atoms with E-state index in [2.05, 4.69) is 0 Å². The molecule has 2 rings (SSSR count). The number of carbonyl (C=O) groups excluding carboxylic acids is 2. The van der Waals surface area contributed by atoms with Crippen molar-refractivity contribution in [3.8, 4) is 0 Å². The Morgan fingerprint density at radius 1 is 1.00 bits per heavy atom. The third kappa shape index (κ3) is 1.93. The van der Waals surface area contributed by atoms with Crippen molar-refractivity contribution in [2.45, 2.75) is 26.7 Å². The van der Waals surface area contributed by atoms with E-state index in [1.165, 1.54) is 4.90 Å². The van der Waals surface area contributed by atoms with Crippen molar-refractivity contribution >= 4 is 11.8 Å². The molecule has 0 fully saturated rings. The number of aryl methyl sites for hydroxylation is 2. The predicted octanol–water partition coefficient (Wildman–Crippen LogP) is 1.64.